The molecule has 82 heavy (non-hydrogen) atoms. The van der Waals surface area contributed by atoms with E-state index in [2.05, 4.69) is 67.4 Å². The summed E-state index contributed by atoms with van der Waals surface area (Å²) in [5.74, 6) is -1.91. The van der Waals surface area contributed by atoms with E-state index in [1.54, 1.807) is 30.9 Å². The average molecular weight is 1450 g/mol. The van der Waals surface area contributed by atoms with Crippen molar-refractivity contribution in [3.8, 4) is 0 Å². The smallest absolute Gasteiger partial charge is 0.0548 e. The van der Waals surface area contributed by atoms with E-state index in [1.165, 1.54) is 20.0 Å². The molecule has 2 heterocycles. The number of halogens is 1. The molecule has 3 fully saturated rings. The SMILES string of the molecule is CC[C@H](C)[C@@H]([C@@H](CC(=O)N1CCC[C@H]1[C@H](OC)[C@@H](C)C(=O)N[C@@H](Cc1ccccc1)C(=O)NCCOCCOCCNC(=O)NCC1CC[N-]CC1)OC)N(C)C(=O)[C@@H](NC(=O)[C@H](C(C)C)N(C)C)C(C)C.[I][Pt].[NH-][C@@H]1CCCC[C@H]1[NH-]. The zero-order chi connectivity index (χ0) is 61.3. The van der Waals surface area contributed by atoms with Crippen LogP contribution in [0.1, 0.15) is 118 Å². The van der Waals surface area contributed by atoms with E-state index in [4.69, 9.17) is 30.4 Å². The summed E-state index contributed by atoms with van der Waals surface area (Å²) in [6.45, 7) is 18.2. The molecule has 11 atom stereocenters. The number of nitrogens with one attached hydrogen (secondary N) is 7. The number of carbonyl (C=O) groups excluding carboxylic acids is 6. The minimum absolute atomic E-state index is 0.0166. The van der Waals surface area contributed by atoms with Gasteiger partial charge in [-0.1, -0.05) is 124 Å². The number of hydrogen-bond acceptors (Lipinski definition) is 11. The van der Waals surface area contributed by atoms with Gasteiger partial charge in [0.05, 0.1) is 69.1 Å². The van der Waals surface area contributed by atoms with Crippen molar-refractivity contribution in [2.24, 2.45) is 29.6 Å². The first kappa shape index (κ1) is 75.0. The molecule has 7 N–H and O–H groups in total. The van der Waals surface area contributed by atoms with E-state index in [1.807, 2.05) is 90.9 Å². The van der Waals surface area contributed by atoms with Gasteiger partial charge in [-0.15, -0.1) is 13.1 Å². The largest absolute Gasteiger partial charge is 0.676 e. The van der Waals surface area contributed by atoms with E-state index in [0.29, 0.717) is 64.6 Å². The minimum atomic E-state index is -0.903. The van der Waals surface area contributed by atoms with E-state index in [0.717, 1.165) is 44.3 Å². The molecule has 0 radical (unpaired) electrons. The molecule has 1 aliphatic carbocycles. The molecule has 7 amide bonds. The van der Waals surface area contributed by atoms with Crippen LogP contribution in [0.15, 0.2) is 30.3 Å². The number of benzene rings is 1. The number of urea groups is 1. The van der Waals surface area contributed by atoms with E-state index in [9.17, 15) is 28.8 Å². The number of hydrogen-bond donors (Lipinski definition) is 5. The van der Waals surface area contributed by atoms with Gasteiger partial charge in [0.25, 0.3) is 0 Å². The Morgan fingerprint density at radius 1 is 0.744 bits per heavy atom. The molecular weight excluding hydrogens is 1340 g/mol. The predicted molar refractivity (Wildman–Crippen MR) is 328 cm³/mol. The number of likely N-dealkylation sites (tertiary alicyclic amines) is 1. The zero-order valence-corrected chi connectivity index (χ0v) is 55.8. The molecule has 1 saturated carbocycles. The molecule has 0 bridgehead atoms. The van der Waals surface area contributed by atoms with Gasteiger partial charge in [0.1, 0.15) is 12.1 Å². The molecule has 4 rings (SSSR count). The number of ether oxygens (including phenoxy) is 4. The second kappa shape index (κ2) is 41.9. The fraction of sp³-hybridized carbons (Fsp3) is 0.797. The maximum Gasteiger partial charge on any atom is -0.0548 e. The number of nitrogens with zero attached hydrogens (tertiary/aromatic N) is 4. The molecule has 21 nitrogen and oxygen atoms in total. The van der Waals surface area contributed by atoms with Crippen LogP contribution in [0, 0.1) is 29.6 Å². The summed E-state index contributed by atoms with van der Waals surface area (Å²) < 4.78 is 23.4. The third kappa shape index (κ3) is 26.3. The summed E-state index contributed by atoms with van der Waals surface area (Å²) in [4.78, 5) is 87.6. The van der Waals surface area contributed by atoms with Crippen LogP contribution < -0.4 is 26.6 Å². The van der Waals surface area contributed by atoms with Crippen molar-refractivity contribution in [3.63, 3.8) is 0 Å². The van der Waals surface area contributed by atoms with Crippen LogP contribution in [0.2, 0.25) is 0 Å². The van der Waals surface area contributed by atoms with Crippen LogP contribution in [0.3, 0.4) is 0 Å². The third-order valence-electron chi connectivity index (χ3n) is 16.0. The Bertz CT molecular complexity index is 1960. The van der Waals surface area contributed by atoms with Gasteiger partial charge in [-0.2, -0.15) is 12.1 Å². The Morgan fingerprint density at radius 2 is 1.34 bits per heavy atom. The van der Waals surface area contributed by atoms with Gasteiger partial charge in [-0.25, -0.2) is 4.79 Å². The van der Waals surface area contributed by atoms with Crippen molar-refractivity contribution in [1.29, 1.82) is 0 Å². The first-order chi connectivity index (χ1) is 39.2. The maximum absolute atomic E-state index is 14.5. The molecule has 1 aromatic carbocycles. The van der Waals surface area contributed by atoms with Crippen molar-refractivity contribution >= 4 is 54.9 Å². The van der Waals surface area contributed by atoms with Crippen LogP contribution in [0.25, 0.3) is 16.8 Å². The van der Waals surface area contributed by atoms with E-state index < -0.39 is 48.3 Å². The zero-order valence-electron chi connectivity index (χ0n) is 51.4. The number of piperidine rings is 1. The van der Waals surface area contributed by atoms with Gasteiger partial charge in [-0.3, -0.25) is 28.9 Å². The standard InChI is InChI=1S/C53H92N9O10.C6H12N2.HI.Pt/c1-13-37(6)47(61(10)52(67)45(35(2)3)59-51(66)46(36(4)5)60(8)9)43(69-11)33-44(63)62-27-17-20-42(62)48(70-12)38(7)49(64)58-41(32-39-18-15-14-16-19-39)50(65)55-25-28-71-30-31-72-29-26-56-53(68)57-34-40-21-23-54-24-22-40;7-5-3-1-2-4-6(5)8;;/h14-16,18-19,35-38,40-43,45-48H,13,17,20-34H2,1-12H3,(H,55,65)(H,58,64)(H,59,66)(H2,56,57,68);5-8H,1-4H2;1H;/q-1;-2;;+1/p-1/t37-,38+,41-,42-,43+,45-,46-,47-,48+;5-,6-;;/m01../s1. The van der Waals surface area contributed by atoms with Crippen LogP contribution in [-0.2, 0) is 65.5 Å². The van der Waals surface area contributed by atoms with Crippen molar-refractivity contribution < 1.29 is 63.8 Å². The van der Waals surface area contributed by atoms with Crippen LogP contribution >= 0.6 is 19.4 Å². The Balaban J connectivity index is 0.00000208. The fourth-order valence-electron chi connectivity index (χ4n) is 11.1. The Hall–Kier alpha value is -3.06. The number of rotatable bonds is 32. The summed E-state index contributed by atoms with van der Waals surface area (Å²) in [6.07, 6.45) is 7.15. The maximum atomic E-state index is 14.5. The molecule has 475 valence electrons. The third-order valence-corrected chi connectivity index (χ3v) is 16.0. The number of amides is 7. The molecular formula is C59H104IN11O10Pt-3. The molecule has 0 aromatic heterocycles. The molecule has 0 spiro atoms. The number of methoxy groups -OCH3 is 2. The summed E-state index contributed by atoms with van der Waals surface area (Å²) in [7, 11) is 8.51. The van der Waals surface area contributed by atoms with E-state index >= 15 is 0 Å². The molecule has 2 saturated heterocycles. The summed E-state index contributed by atoms with van der Waals surface area (Å²) in [5.41, 5.74) is 15.4. The van der Waals surface area contributed by atoms with Crippen LogP contribution in [0.4, 0.5) is 4.79 Å². The average Bonchev–Trinajstić information content (AvgIpc) is 4.14. The van der Waals surface area contributed by atoms with Gasteiger partial charge >= 0.3 is 41.5 Å². The Morgan fingerprint density at radius 3 is 1.87 bits per heavy atom. The topological polar surface area (TPSA) is 271 Å². The van der Waals surface area contributed by atoms with E-state index in [-0.39, 0.29) is 91.4 Å². The second-order valence-electron chi connectivity index (χ2n) is 23.0. The normalized spacial score (nSPS) is 20.3. The minimum Gasteiger partial charge on any atom is -0.676 e. The second-order valence-corrected chi connectivity index (χ2v) is 23.0. The van der Waals surface area contributed by atoms with Crippen LogP contribution in [-0.4, -0.2) is 206 Å². The van der Waals surface area contributed by atoms with Crippen molar-refractivity contribution in [1.82, 2.24) is 41.3 Å². The number of carbonyl (C=O) groups is 6. The predicted octanol–water partition coefficient (Wildman–Crippen LogP) is 6.88. The number of likely N-dealkylation sites (N-methyl/N-ethyl adjacent to an activating group) is 2. The monoisotopic (exact) mass is 1450 g/mol. The fourth-order valence-corrected chi connectivity index (χ4v) is 11.1. The van der Waals surface area contributed by atoms with Gasteiger partial charge < -0.3 is 72.1 Å². The summed E-state index contributed by atoms with van der Waals surface area (Å²) in [6, 6.07) is 6.04. The van der Waals surface area contributed by atoms with Gasteiger partial charge in [0.15, 0.2) is 0 Å². The quantitative estimate of drug-likeness (QED) is 0.0367. The van der Waals surface area contributed by atoms with Gasteiger partial charge in [0, 0.05) is 53.9 Å². The van der Waals surface area contributed by atoms with Crippen molar-refractivity contribution in [2.45, 2.75) is 174 Å². The molecule has 3 aliphatic rings. The first-order valence-electron chi connectivity index (χ1n) is 29.7. The molecule has 2 aliphatic heterocycles. The molecule has 1 aromatic rings. The molecule has 0 unspecified atom stereocenters. The van der Waals surface area contributed by atoms with Crippen LogP contribution in [0.5, 0.6) is 0 Å². The van der Waals surface area contributed by atoms with Gasteiger partial charge in [-0.05, 0) is 56.2 Å². The summed E-state index contributed by atoms with van der Waals surface area (Å²) >= 11 is 4.23. The Kier molecular flexibility index (Phi) is 38.3. The first-order valence-corrected chi connectivity index (χ1v) is 36.2. The summed E-state index contributed by atoms with van der Waals surface area (Å²) in [5, 5.41) is 19.0. The Labute approximate surface area is 513 Å². The van der Waals surface area contributed by atoms with Gasteiger partial charge in [0.2, 0.25) is 29.5 Å². The van der Waals surface area contributed by atoms with Crippen molar-refractivity contribution in [2.75, 3.05) is 101 Å². The van der Waals surface area contributed by atoms with Crippen molar-refractivity contribution in [3.05, 3.63) is 52.7 Å². The molecule has 23 heteroatoms.